The third-order valence-corrected chi connectivity index (χ3v) is 5.95. The molecule has 1 heterocycles. The Labute approximate surface area is 143 Å². The topological polar surface area (TPSA) is 66.8 Å². The predicted molar refractivity (Wildman–Crippen MR) is 91.9 cm³/mol. The summed E-state index contributed by atoms with van der Waals surface area (Å²) in [4.78, 5) is 12.3. The largest absolute Gasteiger partial charge is 0.425 e. The first-order valence-electron chi connectivity index (χ1n) is 8.85. The van der Waals surface area contributed by atoms with E-state index in [9.17, 15) is 15.0 Å². The van der Waals surface area contributed by atoms with E-state index in [1.54, 1.807) is 6.08 Å². The van der Waals surface area contributed by atoms with Gasteiger partial charge in [0.05, 0.1) is 6.10 Å². The number of rotatable bonds is 0. The lowest BCUT2D eigenvalue weighted by atomic mass is 9.61. The molecule has 4 heteroatoms. The first kappa shape index (κ1) is 17.4. The van der Waals surface area contributed by atoms with Crippen molar-refractivity contribution < 1.29 is 19.7 Å². The van der Waals surface area contributed by atoms with Crippen LogP contribution in [0.2, 0.25) is 0 Å². The van der Waals surface area contributed by atoms with Gasteiger partial charge in [0, 0.05) is 17.6 Å². The van der Waals surface area contributed by atoms with Crippen LogP contribution in [0.1, 0.15) is 59.3 Å². The Morgan fingerprint density at radius 3 is 2.67 bits per heavy atom. The smallest absolute Gasteiger partial charge is 0.336 e. The number of ether oxygens (including phenoxy) is 1. The molecule has 0 unspecified atom stereocenters. The highest BCUT2D eigenvalue weighted by Gasteiger charge is 2.55. The Kier molecular flexibility index (Phi) is 4.25. The van der Waals surface area contributed by atoms with Crippen LogP contribution in [0.3, 0.4) is 0 Å². The second kappa shape index (κ2) is 5.85. The standard InChI is InChI=1S/C20H28O4/c1-12-5-6-14-7-8-16-17(19(14,3)4)20(23,24-18(16)22)11-13(2)10-15(21)9-12/h10,14-15,21,23H,1,5-9,11H2,2-4H3/b13-10-/t14-,15+,20+/m1/s1. The van der Waals surface area contributed by atoms with Crippen molar-refractivity contribution in [2.24, 2.45) is 11.3 Å². The Hall–Kier alpha value is -1.39. The number of aliphatic hydroxyl groups is 2. The SMILES string of the molecule is C=C1CC[C@@H]2CCC3=C(C2(C)C)[C@](O)(C/C(C)=C\[C@@H](O)C1)OC3=O. The number of hydrogen-bond acceptors (Lipinski definition) is 4. The fourth-order valence-electron chi connectivity index (χ4n) is 4.84. The molecule has 0 aromatic rings. The summed E-state index contributed by atoms with van der Waals surface area (Å²) in [5.74, 6) is -1.60. The summed E-state index contributed by atoms with van der Waals surface area (Å²) in [6, 6.07) is 0. The average Bonchev–Trinajstić information content (AvgIpc) is 2.67. The molecule has 0 radical (unpaired) electrons. The lowest BCUT2D eigenvalue weighted by Gasteiger charge is -2.44. The van der Waals surface area contributed by atoms with Gasteiger partial charge in [0.1, 0.15) is 0 Å². The number of hydrogen-bond donors (Lipinski definition) is 2. The fraction of sp³-hybridized carbons (Fsp3) is 0.650. The van der Waals surface area contributed by atoms with Crippen molar-refractivity contribution in [1.29, 1.82) is 0 Å². The lowest BCUT2D eigenvalue weighted by molar-refractivity contribution is -0.184. The summed E-state index contributed by atoms with van der Waals surface area (Å²) >= 11 is 0. The second-order valence-electron chi connectivity index (χ2n) is 8.23. The van der Waals surface area contributed by atoms with E-state index in [0.29, 0.717) is 24.3 Å². The molecule has 4 nitrogen and oxygen atoms in total. The molecular formula is C20H28O4. The highest BCUT2D eigenvalue weighted by Crippen LogP contribution is 2.55. The molecular weight excluding hydrogens is 304 g/mol. The monoisotopic (exact) mass is 332 g/mol. The summed E-state index contributed by atoms with van der Waals surface area (Å²) in [5.41, 5.74) is 2.98. The second-order valence-corrected chi connectivity index (χ2v) is 8.23. The van der Waals surface area contributed by atoms with Gasteiger partial charge in [-0.3, -0.25) is 0 Å². The highest BCUT2D eigenvalue weighted by molar-refractivity contribution is 5.93. The molecule has 2 N–H and O–H groups in total. The molecule has 24 heavy (non-hydrogen) atoms. The van der Waals surface area contributed by atoms with Crippen LogP contribution in [0.4, 0.5) is 0 Å². The van der Waals surface area contributed by atoms with Crippen LogP contribution < -0.4 is 0 Å². The minimum atomic E-state index is -1.58. The normalized spacial score (nSPS) is 38.8. The van der Waals surface area contributed by atoms with Crippen molar-refractivity contribution in [3.05, 3.63) is 34.9 Å². The Bertz CT molecular complexity index is 640. The Morgan fingerprint density at radius 1 is 1.29 bits per heavy atom. The Morgan fingerprint density at radius 2 is 1.96 bits per heavy atom. The zero-order chi connectivity index (χ0) is 17.7. The van der Waals surface area contributed by atoms with Gasteiger partial charge in [0.25, 0.3) is 0 Å². The zero-order valence-corrected chi connectivity index (χ0v) is 14.9. The fourth-order valence-corrected chi connectivity index (χ4v) is 4.84. The number of carbonyl (C=O) groups is 1. The summed E-state index contributed by atoms with van der Waals surface area (Å²) in [7, 11) is 0. The molecule has 3 atom stereocenters. The van der Waals surface area contributed by atoms with Gasteiger partial charge in [0.15, 0.2) is 0 Å². The average molecular weight is 332 g/mol. The summed E-state index contributed by atoms with van der Waals surface area (Å²) in [5, 5.41) is 21.4. The van der Waals surface area contributed by atoms with Crippen molar-refractivity contribution in [2.45, 2.75) is 71.2 Å². The number of esters is 1. The third-order valence-electron chi connectivity index (χ3n) is 5.95. The number of carbonyl (C=O) groups excluding carboxylic acids is 1. The van der Waals surface area contributed by atoms with Gasteiger partial charge >= 0.3 is 5.97 Å². The number of aliphatic hydroxyl groups excluding tert-OH is 1. The quantitative estimate of drug-likeness (QED) is 0.527. The molecule has 3 aliphatic rings. The van der Waals surface area contributed by atoms with Gasteiger partial charge < -0.3 is 14.9 Å². The van der Waals surface area contributed by atoms with E-state index in [1.165, 1.54) is 0 Å². The van der Waals surface area contributed by atoms with E-state index < -0.39 is 11.9 Å². The zero-order valence-electron chi connectivity index (χ0n) is 14.9. The molecule has 3 rings (SSSR count). The first-order chi connectivity index (χ1) is 11.1. The minimum absolute atomic E-state index is 0.206. The Balaban J connectivity index is 2.09. The van der Waals surface area contributed by atoms with E-state index in [-0.39, 0.29) is 17.8 Å². The van der Waals surface area contributed by atoms with Crippen molar-refractivity contribution in [3.8, 4) is 0 Å². The molecule has 132 valence electrons. The molecule has 0 saturated carbocycles. The molecule has 0 saturated heterocycles. The maximum atomic E-state index is 12.3. The van der Waals surface area contributed by atoms with Crippen LogP contribution in [0.5, 0.6) is 0 Å². The molecule has 2 bridgehead atoms. The van der Waals surface area contributed by atoms with Gasteiger partial charge in [-0.25, -0.2) is 4.79 Å². The van der Waals surface area contributed by atoms with Gasteiger partial charge in [-0.2, -0.15) is 0 Å². The van der Waals surface area contributed by atoms with Crippen molar-refractivity contribution >= 4 is 5.97 Å². The van der Waals surface area contributed by atoms with Gasteiger partial charge in [-0.15, -0.1) is 0 Å². The predicted octanol–water partition coefficient (Wildman–Crippen LogP) is 3.40. The molecule has 0 spiro atoms. The lowest BCUT2D eigenvalue weighted by Crippen LogP contribution is -2.42. The summed E-state index contributed by atoms with van der Waals surface area (Å²) in [6.07, 6.45) is 5.26. The van der Waals surface area contributed by atoms with Gasteiger partial charge in [-0.05, 0) is 50.4 Å². The molecule has 2 aliphatic carbocycles. The number of fused-ring (bicyclic) bond motifs is 1. The summed E-state index contributed by atoms with van der Waals surface area (Å²) < 4.78 is 5.45. The molecule has 0 aromatic heterocycles. The van der Waals surface area contributed by atoms with Crippen LogP contribution in [0.15, 0.2) is 34.9 Å². The molecule has 0 aromatic carbocycles. The highest BCUT2D eigenvalue weighted by atomic mass is 16.7. The molecule has 0 amide bonds. The van der Waals surface area contributed by atoms with Crippen molar-refractivity contribution in [1.82, 2.24) is 0 Å². The van der Waals surface area contributed by atoms with Crippen LogP contribution in [0.25, 0.3) is 0 Å². The summed E-state index contributed by atoms with van der Waals surface area (Å²) in [6.45, 7) is 10.2. The van der Waals surface area contributed by atoms with E-state index in [0.717, 1.165) is 36.0 Å². The van der Waals surface area contributed by atoms with Gasteiger partial charge in [0.2, 0.25) is 5.79 Å². The van der Waals surface area contributed by atoms with Crippen molar-refractivity contribution in [3.63, 3.8) is 0 Å². The van der Waals surface area contributed by atoms with E-state index in [4.69, 9.17) is 4.74 Å². The van der Waals surface area contributed by atoms with Crippen LogP contribution in [0, 0.1) is 11.3 Å². The minimum Gasteiger partial charge on any atom is -0.425 e. The van der Waals surface area contributed by atoms with Crippen LogP contribution >= 0.6 is 0 Å². The van der Waals surface area contributed by atoms with Crippen LogP contribution in [-0.4, -0.2) is 28.1 Å². The third kappa shape index (κ3) is 2.86. The first-order valence-corrected chi connectivity index (χ1v) is 8.85. The van der Waals surface area contributed by atoms with E-state index in [1.807, 2.05) is 6.92 Å². The van der Waals surface area contributed by atoms with E-state index in [2.05, 4.69) is 20.4 Å². The van der Waals surface area contributed by atoms with Gasteiger partial charge in [-0.1, -0.05) is 37.6 Å². The van der Waals surface area contributed by atoms with Crippen LogP contribution in [-0.2, 0) is 9.53 Å². The maximum absolute atomic E-state index is 12.3. The maximum Gasteiger partial charge on any atom is 0.336 e. The molecule has 0 fully saturated rings. The van der Waals surface area contributed by atoms with Crippen molar-refractivity contribution in [2.75, 3.05) is 0 Å². The molecule has 1 aliphatic heterocycles. The van der Waals surface area contributed by atoms with E-state index >= 15 is 0 Å².